The van der Waals surface area contributed by atoms with Crippen molar-refractivity contribution in [2.24, 2.45) is 4.99 Å². The van der Waals surface area contributed by atoms with Crippen molar-refractivity contribution in [3.8, 4) is 5.75 Å². The highest BCUT2D eigenvalue weighted by Crippen LogP contribution is 2.49. The van der Waals surface area contributed by atoms with E-state index in [0.717, 1.165) is 0 Å². The van der Waals surface area contributed by atoms with Gasteiger partial charge in [0.1, 0.15) is 33.2 Å². The molecule has 2 N–H and O–H groups in total. The van der Waals surface area contributed by atoms with Gasteiger partial charge in [-0.05, 0) is 65.8 Å². The number of anilines is 1. The molecule has 0 bridgehead atoms. The molecule has 3 heterocycles. The fourth-order valence-electron chi connectivity index (χ4n) is 4.88. The highest BCUT2D eigenvalue weighted by atomic mass is 35.5. The molecule has 0 saturated carbocycles. The van der Waals surface area contributed by atoms with Crippen LogP contribution in [0.4, 0.5) is 10.5 Å². The predicted octanol–water partition coefficient (Wildman–Crippen LogP) is 5.13. The summed E-state index contributed by atoms with van der Waals surface area (Å²) < 4.78 is 37.9. The lowest BCUT2D eigenvalue weighted by atomic mass is 9.86. The number of halogens is 1. The van der Waals surface area contributed by atoms with E-state index in [0.29, 0.717) is 27.6 Å². The number of rotatable bonds is 3. The van der Waals surface area contributed by atoms with Crippen LogP contribution >= 0.6 is 11.6 Å². The van der Waals surface area contributed by atoms with E-state index in [4.69, 9.17) is 26.1 Å². The van der Waals surface area contributed by atoms with E-state index in [9.17, 15) is 18.0 Å². The standard InChI is InChI=1S/C28H33ClN4O6S/c1-8-16-13-17(29)15-30-22(16)23(34)31-18-9-10-20-19(14-18)28(7)21(11-12-38-20)40(36,37)27(5,6)24(33-28)32-25(35)39-26(2,3)4/h8-10,13-15,21H,1,11-12H2,2-7H3,(H,31,34)(H,32,33,35)/t21-,28-/m1/s1. The third kappa shape index (κ3) is 5.32. The normalized spacial score (nSPS) is 22.8. The molecule has 2 amide bonds. The summed E-state index contributed by atoms with van der Waals surface area (Å²) >= 11 is 6.00. The highest BCUT2D eigenvalue weighted by molar-refractivity contribution is 7.94. The molecule has 214 valence electrons. The maximum Gasteiger partial charge on any atom is 0.413 e. The summed E-state index contributed by atoms with van der Waals surface area (Å²) in [5.41, 5.74) is -0.745. The number of aliphatic imine (C=N–C) groups is 1. The van der Waals surface area contributed by atoms with Crippen LogP contribution in [-0.4, -0.2) is 53.4 Å². The van der Waals surface area contributed by atoms with E-state index < -0.39 is 43.0 Å². The van der Waals surface area contributed by atoms with Gasteiger partial charge in [-0.2, -0.15) is 0 Å². The van der Waals surface area contributed by atoms with Gasteiger partial charge in [-0.15, -0.1) is 0 Å². The number of nitrogens with zero attached hydrogens (tertiary/aromatic N) is 2. The minimum atomic E-state index is -3.92. The second-order valence-electron chi connectivity index (χ2n) is 11.4. The van der Waals surface area contributed by atoms with Gasteiger partial charge in [0, 0.05) is 29.4 Å². The van der Waals surface area contributed by atoms with Gasteiger partial charge in [0.15, 0.2) is 9.84 Å². The number of pyridine rings is 1. The third-order valence-electron chi connectivity index (χ3n) is 6.99. The minimum absolute atomic E-state index is 0.0382. The second-order valence-corrected chi connectivity index (χ2v) is 14.5. The summed E-state index contributed by atoms with van der Waals surface area (Å²) in [6, 6.07) is 6.52. The zero-order valence-electron chi connectivity index (χ0n) is 23.3. The van der Waals surface area contributed by atoms with Crippen LogP contribution in [0.15, 0.2) is 42.0 Å². The van der Waals surface area contributed by atoms with Crippen LogP contribution in [-0.2, 0) is 20.1 Å². The lowest BCUT2D eigenvalue weighted by molar-refractivity contribution is 0.0560. The van der Waals surface area contributed by atoms with E-state index >= 15 is 0 Å². The molecule has 0 aliphatic carbocycles. The van der Waals surface area contributed by atoms with Crippen LogP contribution in [0.2, 0.25) is 5.02 Å². The lowest BCUT2D eigenvalue weighted by Crippen LogP contribution is -2.61. The largest absolute Gasteiger partial charge is 0.493 e. The molecule has 2 aliphatic heterocycles. The van der Waals surface area contributed by atoms with Crippen LogP contribution in [0.3, 0.4) is 0 Å². The topological polar surface area (TPSA) is 136 Å². The first-order valence-corrected chi connectivity index (χ1v) is 14.6. The number of carbonyl (C=O) groups is 2. The van der Waals surface area contributed by atoms with E-state index in [-0.39, 0.29) is 24.6 Å². The van der Waals surface area contributed by atoms with Crippen molar-refractivity contribution >= 4 is 51.0 Å². The molecule has 0 unspecified atom stereocenters. The molecule has 1 aromatic carbocycles. The van der Waals surface area contributed by atoms with E-state index in [1.807, 2.05) is 0 Å². The van der Waals surface area contributed by atoms with Gasteiger partial charge in [-0.25, -0.2) is 18.2 Å². The zero-order valence-corrected chi connectivity index (χ0v) is 24.9. The maximum absolute atomic E-state index is 14.0. The molecule has 1 aromatic heterocycles. The zero-order chi connectivity index (χ0) is 29.7. The summed E-state index contributed by atoms with van der Waals surface area (Å²) in [6.45, 7) is 13.7. The van der Waals surface area contributed by atoms with Gasteiger partial charge >= 0.3 is 6.09 Å². The first kappa shape index (κ1) is 29.5. The molecule has 10 nitrogen and oxygen atoms in total. The Balaban J connectivity index is 1.80. The quantitative estimate of drug-likeness (QED) is 0.507. The van der Waals surface area contributed by atoms with Gasteiger partial charge in [-0.3, -0.25) is 15.1 Å². The molecule has 40 heavy (non-hydrogen) atoms. The number of carbonyl (C=O) groups excluding carboxylic acids is 2. The first-order chi connectivity index (χ1) is 18.5. The van der Waals surface area contributed by atoms with Gasteiger partial charge < -0.3 is 14.8 Å². The Morgan fingerprint density at radius 1 is 1.20 bits per heavy atom. The van der Waals surface area contributed by atoms with Crippen molar-refractivity contribution in [1.82, 2.24) is 10.3 Å². The van der Waals surface area contributed by atoms with Crippen LogP contribution in [0.1, 0.15) is 69.6 Å². The fraction of sp³-hybridized carbons (Fsp3) is 0.429. The van der Waals surface area contributed by atoms with Gasteiger partial charge in [0.05, 0.1) is 16.9 Å². The Kier molecular flexibility index (Phi) is 7.53. The average Bonchev–Trinajstić information content (AvgIpc) is 2.98. The Hall–Kier alpha value is -3.44. The molecular formula is C28H33ClN4O6S. The molecule has 0 radical (unpaired) electrons. The lowest BCUT2D eigenvalue weighted by Gasteiger charge is -2.44. The van der Waals surface area contributed by atoms with E-state index in [1.165, 1.54) is 26.1 Å². The SMILES string of the molecule is C=Cc1cc(Cl)cnc1C(=O)Nc1ccc2c(c1)[C@@]1(C)N=C(NC(=O)OC(C)(C)C)C(C)(C)S(=O)(=O)[C@@H]1CCO2. The number of alkyl carbamates (subject to hydrolysis) is 1. The molecule has 2 aromatic rings. The summed E-state index contributed by atoms with van der Waals surface area (Å²) in [6.07, 6.45) is 2.21. The van der Waals surface area contributed by atoms with Gasteiger partial charge in [-0.1, -0.05) is 24.3 Å². The molecule has 0 spiro atoms. The molecule has 4 rings (SSSR count). The van der Waals surface area contributed by atoms with Gasteiger partial charge in [0.25, 0.3) is 5.91 Å². The van der Waals surface area contributed by atoms with Crippen molar-refractivity contribution in [2.45, 2.75) is 69.1 Å². The Morgan fingerprint density at radius 2 is 1.90 bits per heavy atom. The van der Waals surface area contributed by atoms with Crippen molar-refractivity contribution in [3.05, 3.63) is 58.9 Å². The van der Waals surface area contributed by atoms with E-state index in [2.05, 4.69) is 22.2 Å². The number of amides is 2. The fourth-order valence-corrected chi connectivity index (χ4v) is 7.31. The van der Waals surface area contributed by atoms with Crippen molar-refractivity contribution in [3.63, 3.8) is 0 Å². The molecule has 2 atom stereocenters. The number of ether oxygens (including phenoxy) is 2. The minimum Gasteiger partial charge on any atom is -0.493 e. The average molecular weight is 589 g/mol. The third-order valence-corrected chi connectivity index (χ3v) is 10.3. The molecule has 2 aliphatic rings. The number of aromatic nitrogens is 1. The number of fused-ring (bicyclic) bond motifs is 3. The highest BCUT2D eigenvalue weighted by Gasteiger charge is 2.58. The monoisotopic (exact) mass is 588 g/mol. The summed E-state index contributed by atoms with van der Waals surface area (Å²) in [5, 5.41) is 4.80. The van der Waals surface area contributed by atoms with Crippen LogP contribution in [0.5, 0.6) is 5.75 Å². The molecule has 0 saturated heterocycles. The Labute approximate surface area is 239 Å². The number of sulfone groups is 1. The number of benzene rings is 1. The number of nitrogens with one attached hydrogen (secondary N) is 2. The predicted molar refractivity (Wildman–Crippen MR) is 155 cm³/mol. The van der Waals surface area contributed by atoms with Crippen LogP contribution in [0.25, 0.3) is 6.08 Å². The summed E-state index contributed by atoms with van der Waals surface area (Å²) in [7, 11) is -3.92. The molecule has 0 fully saturated rings. The summed E-state index contributed by atoms with van der Waals surface area (Å²) in [4.78, 5) is 34.8. The van der Waals surface area contributed by atoms with E-state index in [1.54, 1.807) is 52.0 Å². The Bertz CT molecular complexity index is 1530. The molecule has 12 heteroatoms. The van der Waals surface area contributed by atoms with Crippen molar-refractivity contribution in [1.29, 1.82) is 0 Å². The van der Waals surface area contributed by atoms with Crippen molar-refractivity contribution in [2.75, 3.05) is 11.9 Å². The maximum atomic E-state index is 14.0. The first-order valence-electron chi connectivity index (χ1n) is 12.7. The number of hydrogen-bond donors (Lipinski definition) is 2. The van der Waals surface area contributed by atoms with Gasteiger partial charge in [0.2, 0.25) is 0 Å². The number of hydrogen-bond acceptors (Lipinski definition) is 8. The number of amidine groups is 1. The van der Waals surface area contributed by atoms with Crippen LogP contribution < -0.4 is 15.4 Å². The Morgan fingerprint density at radius 3 is 2.55 bits per heavy atom. The smallest absolute Gasteiger partial charge is 0.413 e. The summed E-state index contributed by atoms with van der Waals surface area (Å²) in [5.74, 6) is -0.116. The van der Waals surface area contributed by atoms with Crippen LogP contribution in [0, 0.1) is 0 Å². The van der Waals surface area contributed by atoms with Crippen molar-refractivity contribution < 1.29 is 27.5 Å². The second kappa shape index (κ2) is 10.2. The molecular weight excluding hydrogens is 556 g/mol.